The van der Waals surface area contributed by atoms with Crippen LogP contribution in [0.2, 0.25) is 0 Å². The Hall–Kier alpha value is -1.54. The van der Waals surface area contributed by atoms with Crippen LogP contribution in [0.5, 0.6) is 0 Å². The molecule has 1 amide bonds. The fraction of sp³-hybridized carbons (Fsp3) is 0.545. The number of nitro groups is 1. The molecule has 0 radical (unpaired) electrons. The molecule has 2 N–H and O–H groups in total. The van der Waals surface area contributed by atoms with E-state index in [0.29, 0.717) is 0 Å². The van der Waals surface area contributed by atoms with Crippen LogP contribution < -0.4 is 5.32 Å². The molecule has 1 heterocycles. The number of rotatable bonds is 6. The van der Waals surface area contributed by atoms with E-state index in [-0.39, 0.29) is 29.4 Å². The van der Waals surface area contributed by atoms with Crippen LogP contribution in [-0.4, -0.2) is 44.7 Å². The highest BCUT2D eigenvalue weighted by Crippen LogP contribution is 2.16. The summed E-state index contributed by atoms with van der Waals surface area (Å²) in [6.07, 6.45) is 1.84. The van der Waals surface area contributed by atoms with Crippen LogP contribution in [0.4, 0.5) is 5.82 Å². The molecule has 0 spiro atoms. The van der Waals surface area contributed by atoms with Gasteiger partial charge in [0.25, 0.3) is 5.91 Å². The summed E-state index contributed by atoms with van der Waals surface area (Å²) in [5, 5.41) is 22.5. The molecule has 8 heteroatoms. The van der Waals surface area contributed by atoms with E-state index in [1.165, 1.54) is 35.5 Å². The average molecular weight is 287 g/mol. The minimum atomic E-state index is -0.543. The summed E-state index contributed by atoms with van der Waals surface area (Å²) < 4.78 is 1.23. The summed E-state index contributed by atoms with van der Waals surface area (Å²) in [4.78, 5) is 22.2. The van der Waals surface area contributed by atoms with Gasteiger partial charge in [0.05, 0.1) is 13.7 Å². The van der Waals surface area contributed by atoms with Gasteiger partial charge < -0.3 is 20.5 Å². The van der Waals surface area contributed by atoms with E-state index >= 15 is 0 Å². The van der Waals surface area contributed by atoms with Crippen molar-refractivity contribution in [2.45, 2.75) is 18.2 Å². The standard InChI is InChI=1S/C11H17N3O4S/c1-7(9(6-15)19-3)12-11(16)8-4-5-10(13(8)2)14(17)18/h4-5,7,9,15H,6H2,1-3H3,(H,12,16). The summed E-state index contributed by atoms with van der Waals surface area (Å²) in [6, 6.07) is 2.46. The molecule has 1 rings (SSSR count). The van der Waals surface area contributed by atoms with Crippen molar-refractivity contribution < 1.29 is 14.8 Å². The number of carbonyl (C=O) groups is 1. The number of aromatic nitrogens is 1. The fourth-order valence-corrected chi connectivity index (χ4v) is 2.35. The Bertz CT molecular complexity index is 471. The first-order valence-corrected chi connectivity index (χ1v) is 6.95. The number of thioether (sulfide) groups is 1. The van der Waals surface area contributed by atoms with Crippen molar-refractivity contribution in [3.8, 4) is 0 Å². The number of amides is 1. The molecule has 0 saturated carbocycles. The Morgan fingerprint density at radius 2 is 2.26 bits per heavy atom. The highest BCUT2D eigenvalue weighted by molar-refractivity contribution is 7.99. The third-order valence-corrected chi connectivity index (χ3v) is 4.08. The topological polar surface area (TPSA) is 97.4 Å². The van der Waals surface area contributed by atoms with Crippen LogP contribution in [0.3, 0.4) is 0 Å². The van der Waals surface area contributed by atoms with Crippen LogP contribution in [0.1, 0.15) is 17.4 Å². The Morgan fingerprint density at radius 1 is 1.63 bits per heavy atom. The van der Waals surface area contributed by atoms with E-state index in [1.807, 2.05) is 6.26 Å². The lowest BCUT2D eigenvalue weighted by molar-refractivity contribution is -0.391. The maximum Gasteiger partial charge on any atom is 0.323 e. The largest absolute Gasteiger partial charge is 0.395 e. The normalized spacial score (nSPS) is 13.9. The minimum absolute atomic E-state index is 0.0457. The number of nitrogens with zero attached hydrogens (tertiary/aromatic N) is 2. The van der Waals surface area contributed by atoms with Crippen molar-refractivity contribution in [3.05, 3.63) is 27.9 Å². The van der Waals surface area contributed by atoms with Crippen LogP contribution in [0.15, 0.2) is 12.1 Å². The zero-order valence-electron chi connectivity index (χ0n) is 11.0. The average Bonchev–Trinajstić information content (AvgIpc) is 2.72. The molecule has 0 aromatic carbocycles. The van der Waals surface area contributed by atoms with E-state index < -0.39 is 10.8 Å². The van der Waals surface area contributed by atoms with Gasteiger partial charge in [-0.05, 0) is 24.2 Å². The van der Waals surface area contributed by atoms with Crippen LogP contribution in [-0.2, 0) is 7.05 Å². The van der Waals surface area contributed by atoms with Gasteiger partial charge >= 0.3 is 5.82 Å². The molecular formula is C11H17N3O4S. The molecular weight excluding hydrogens is 270 g/mol. The molecule has 106 valence electrons. The molecule has 0 aliphatic heterocycles. The number of aliphatic hydroxyl groups excluding tert-OH is 1. The third-order valence-electron chi connectivity index (χ3n) is 2.91. The number of hydrogen-bond donors (Lipinski definition) is 2. The Balaban J connectivity index is 2.82. The van der Waals surface area contributed by atoms with Crippen LogP contribution in [0, 0.1) is 10.1 Å². The summed E-state index contributed by atoms with van der Waals surface area (Å²) in [5.74, 6) is -0.531. The number of hydrogen-bond acceptors (Lipinski definition) is 5. The van der Waals surface area contributed by atoms with Crippen molar-refractivity contribution in [2.24, 2.45) is 7.05 Å². The predicted molar refractivity (Wildman–Crippen MR) is 73.4 cm³/mol. The smallest absolute Gasteiger partial charge is 0.323 e. The first-order chi connectivity index (χ1) is 8.92. The first-order valence-electron chi connectivity index (χ1n) is 5.67. The quantitative estimate of drug-likeness (QED) is 0.595. The van der Waals surface area contributed by atoms with Crippen molar-refractivity contribution in [1.82, 2.24) is 9.88 Å². The van der Waals surface area contributed by atoms with E-state index in [1.54, 1.807) is 6.92 Å². The highest BCUT2D eigenvalue weighted by Gasteiger charge is 2.24. The van der Waals surface area contributed by atoms with Gasteiger partial charge in [-0.1, -0.05) is 0 Å². The van der Waals surface area contributed by atoms with Gasteiger partial charge in [-0.3, -0.25) is 4.79 Å². The lowest BCUT2D eigenvalue weighted by Gasteiger charge is -2.20. The zero-order chi connectivity index (χ0) is 14.6. The van der Waals surface area contributed by atoms with Crippen LogP contribution in [0.25, 0.3) is 0 Å². The zero-order valence-corrected chi connectivity index (χ0v) is 11.8. The van der Waals surface area contributed by atoms with E-state index in [0.717, 1.165) is 0 Å². The molecule has 0 saturated heterocycles. The van der Waals surface area contributed by atoms with Gasteiger partial charge in [0, 0.05) is 17.4 Å². The highest BCUT2D eigenvalue weighted by atomic mass is 32.2. The Labute approximate surface area is 115 Å². The first kappa shape index (κ1) is 15.5. The van der Waals surface area contributed by atoms with Gasteiger partial charge in [0.2, 0.25) is 0 Å². The van der Waals surface area contributed by atoms with E-state index in [2.05, 4.69) is 5.32 Å². The second kappa shape index (κ2) is 6.58. The second-order valence-corrected chi connectivity index (χ2v) is 5.19. The third kappa shape index (κ3) is 3.48. The molecule has 1 aromatic rings. The maximum atomic E-state index is 12.0. The molecule has 19 heavy (non-hydrogen) atoms. The molecule has 0 fully saturated rings. The van der Waals surface area contributed by atoms with Gasteiger partial charge in [0.1, 0.15) is 0 Å². The number of carbonyl (C=O) groups excluding carboxylic acids is 1. The van der Waals surface area contributed by atoms with Crippen molar-refractivity contribution >= 4 is 23.5 Å². The lowest BCUT2D eigenvalue weighted by Crippen LogP contribution is -2.41. The number of aliphatic hydroxyl groups is 1. The molecule has 0 aliphatic carbocycles. The van der Waals surface area contributed by atoms with Gasteiger partial charge in [0.15, 0.2) is 5.69 Å². The van der Waals surface area contributed by atoms with Gasteiger partial charge in [-0.2, -0.15) is 11.8 Å². The van der Waals surface area contributed by atoms with Crippen molar-refractivity contribution in [3.63, 3.8) is 0 Å². The van der Waals surface area contributed by atoms with Crippen LogP contribution >= 0.6 is 11.8 Å². The number of nitrogens with one attached hydrogen (secondary N) is 1. The Morgan fingerprint density at radius 3 is 2.68 bits per heavy atom. The molecule has 7 nitrogen and oxygen atoms in total. The minimum Gasteiger partial charge on any atom is -0.395 e. The lowest BCUT2D eigenvalue weighted by atomic mass is 10.2. The SMILES string of the molecule is CSC(CO)C(C)NC(=O)c1ccc([N+](=O)[O-])n1C. The molecule has 2 atom stereocenters. The molecule has 0 bridgehead atoms. The van der Waals surface area contributed by atoms with Crippen molar-refractivity contribution in [2.75, 3.05) is 12.9 Å². The summed E-state index contributed by atoms with van der Waals surface area (Å²) in [5.41, 5.74) is 0.219. The summed E-state index contributed by atoms with van der Waals surface area (Å²) >= 11 is 1.45. The van der Waals surface area contributed by atoms with E-state index in [4.69, 9.17) is 5.11 Å². The summed E-state index contributed by atoms with van der Waals surface area (Å²) in [6.45, 7) is 1.74. The molecule has 1 aromatic heterocycles. The maximum absolute atomic E-state index is 12.0. The second-order valence-electron chi connectivity index (χ2n) is 4.11. The monoisotopic (exact) mass is 287 g/mol. The van der Waals surface area contributed by atoms with E-state index in [9.17, 15) is 14.9 Å². The molecule has 2 unspecified atom stereocenters. The van der Waals surface area contributed by atoms with Crippen molar-refractivity contribution in [1.29, 1.82) is 0 Å². The molecule has 0 aliphatic rings. The fourth-order valence-electron chi connectivity index (χ4n) is 1.72. The Kier molecular flexibility index (Phi) is 5.37. The summed E-state index contributed by atoms with van der Waals surface area (Å²) in [7, 11) is 1.47. The predicted octanol–water partition coefficient (Wildman–Crippen LogP) is 0.775. The van der Waals surface area contributed by atoms with Gasteiger partial charge in [-0.15, -0.1) is 0 Å². The van der Waals surface area contributed by atoms with Gasteiger partial charge in [-0.25, -0.2) is 4.57 Å².